The van der Waals surface area contributed by atoms with Crippen molar-refractivity contribution in [3.05, 3.63) is 35.7 Å². The Bertz CT molecular complexity index is 989. The molecule has 1 fully saturated rings. The highest BCUT2D eigenvalue weighted by atomic mass is 32.1. The molecule has 0 unspecified atom stereocenters. The van der Waals surface area contributed by atoms with E-state index in [-0.39, 0.29) is 17.8 Å². The Morgan fingerprint density at radius 3 is 2.96 bits per heavy atom. The number of fused-ring (bicyclic) bond motifs is 1. The fourth-order valence-electron chi connectivity index (χ4n) is 2.73. The molecule has 1 amide bonds. The van der Waals surface area contributed by atoms with Crippen LogP contribution in [0.2, 0.25) is 0 Å². The van der Waals surface area contributed by atoms with Gasteiger partial charge in [-0.15, -0.1) is 0 Å². The monoisotopic (exact) mass is 367 g/mol. The summed E-state index contributed by atoms with van der Waals surface area (Å²) in [5.74, 6) is 1.03. The number of rotatable bonds is 4. The van der Waals surface area contributed by atoms with Gasteiger partial charge in [0.25, 0.3) is 5.91 Å². The third kappa shape index (κ3) is 2.98. The molecule has 2 aromatic rings. The summed E-state index contributed by atoms with van der Waals surface area (Å²) in [5.41, 5.74) is 2.56. The minimum absolute atomic E-state index is 0.188. The second-order valence-electron chi connectivity index (χ2n) is 5.64. The van der Waals surface area contributed by atoms with E-state index in [1.807, 2.05) is 18.2 Å². The summed E-state index contributed by atoms with van der Waals surface area (Å²) >= 11 is 4.96. The fourth-order valence-corrected chi connectivity index (χ4v) is 2.93. The van der Waals surface area contributed by atoms with Gasteiger partial charge < -0.3 is 14.8 Å². The van der Waals surface area contributed by atoms with E-state index in [1.54, 1.807) is 17.0 Å². The predicted molar refractivity (Wildman–Crippen MR) is 95.9 cm³/mol. The van der Waals surface area contributed by atoms with E-state index >= 15 is 0 Å². The van der Waals surface area contributed by atoms with E-state index in [0.717, 1.165) is 11.1 Å². The van der Waals surface area contributed by atoms with Crippen molar-refractivity contribution in [3.8, 4) is 28.8 Å². The Balaban J connectivity index is 1.76. The number of aryl methyl sites for hydroxylation is 1. The number of aromatic nitrogens is 2. The molecule has 0 spiro atoms. The van der Waals surface area contributed by atoms with Crippen LogP contribution in [-0.2, 0) is 11.3 Å². The molecule has 4 rings (SSSR count). The fraction of sp³-hybridized carbons (Fsp3) is 0.176. The largest absolute Gasteiger partial charge is 0.454 e. The summed E-state index contributed by atoms with van der Waals surface area (Å²) in [4.78, 5) is 11.9. The van der Waals surface area contributed by atoms with Crippen LogP contribution >= 0.6 is 12.2 Å². The van der Waals surface area contributed by atoms with Crippen molar-refractivity contribution in [2.24, 2.45) is 0 Å². The first-order valence-corrected chi connectivity index (χ1v) is 8.23. The van der Waals surface area contributed by atoms with Crippen LogP contribution in [0.25, 0.3) is 17.3 Å². The summed E-state index contributed by atoms with van der Waals surface area (Å²) in [6, 6.07) is 7.63. The standard InChI is InChI=1S/C17H13N5O3S/c18-4-1-5-22-8-11(6-12-16(23)20-17(26)19-12)15(21-22)10-2-3-13-14(7-10)25-9-24-13/h2-3,6-8H,1,5,9H2,(H2,19,20,23,26)/b12-6-. The summed E-state index contributed by atoms with van der Waals surface area (Å²) < 4.78 is 12.4. The van der Waals surface area contributed by atoms with Gasteiger partial charge in [-0.2, -0.15) is 10.4 Å². The van der Waals surface area contributed by atoms with Crippen LogP contribution in [0, 0.1) is 11.3 Å². The molecule has 0 bridgehead atoms. The molecule has 9 heteroatoms. The van der Waals surface area contributed by atoms with Gasteiger partial charge in [-0.25, -0.2) is 0 Å². The zero-order chi connectivity index (χ0) is 18.1. The second kappa shape index (κ2) is 6.50. The molecule has 8 nitrogen and oxygen atoms in total. The highest BCUT2D eigenvalue weighted by molar-refractivity contribution is 7.80. The number of amides is 1. The number of ether oxygens (including phenoxy) is 2. The lowest BCUT2D eigenvalue weighted by Gasteiger charge is -2.02. The zero-order valence-electron chi connectivity index (χ0n) is 13.5. The van der Waals surface area contributed by atoms with E-state index in [0.29, 0.717) is 35.9 Å². The quantitative estimate of drug-likeness (QED) is 0.624. The van der Waals surface area contributed by atoms with Crippen molar-refractivity contribution < 1.29 is 14.3 Å². The van der Waals surface area contributed by atoms with Crippen LogP contribution in [0.1, 0.15) is 12.0 Å². The summed E-state index contributed by atoms with van der Waals surface area (Å²) in [6.07, 6.45) is 3.81. The Morgan fingerprint density at radius 2 is 2.19 bits per heavy atom. The maximum atomic E-state index is 11.9. The average Bonchev–Trinajstić information content (AvgIpc) is 3.32. The van der Waals surface area contributed by atoms with Gasteiger partial charge in [-0.05, 0) is 36.5 Å². The van der Waals surface area contributed by atoms with E-state index in [1.165, 1.54) is 0 Å². The highest BCUT2D eigenvalue weighted by Gasteiger charge is 2.22. The number of hydrogen-bond acceptors (Lipinski definition) is 6. The third-order valence-electron chi connectivity index (χ3n) is 3.91. The number of thiocarbonyl (C=S) groups is 1. The minimum atomic E-state index is -0.295. The van der Waals surface area contributed by atoms with Gasteiger partial charge in [0.2, 0.25) is 6.79 Å². The van der Waals surface area contributed by atoms with Gasteiger partial charge >= 0.3 is 0 Å². The molecule has 2 aliphatic heterocycles. The molecule has 2 aliphatic rings. The number of carbonyl (C=O) groups excluding carboxylic acids is 1. The molecule has 2 N–H and O–H groups in total. The molecular formula is C17H13N5O3S. The van der Waals surface area contributed by atoms with Gasteiger partial charge in [-0.1, -0.05) is 0 Å². The number of nitriles is 1. The predicted octanol–water partition coefficient (Wildman–Crippen LogP) is 1.54. The second-order valence-corrected chi connectivity index (χ2v) is 6.05. The maximum Gasteiger partial charge on any atom is 0.273 e. The molecule has 1 saturated heterocycles. The number of nitrogens with zero attached hydrogens (tertiary/aromatic N) is 3. The van der Waals surface area contributed by atoms with Crippen molar-refractivity contribution in [2.45, 2.75) is 13.0 Å². The lowest BCUT2D eigenvalue weighted by atomic mass is 10.1. The smallest absolute Gasteiger partial charge is 0.273 e. The number of benzene rings is 1. The van der Waals surface area contributed by atoms with Gasteiger partial charge in [0, 0.05) is 17.3 Å². The van der Waals surface area contributed by atoms with Gasteiger partial charge in [0.15, 0.2) is 16.6 Å². The minimum Gasteiger partial charge on any atom is -0.454 e. The van der Waals surface area contributed by atoms with Crippen molar-refractivity contribution >= 4 is 29.3 Å². The SMILES string of the molecule is N#CCCn1cc(/C=C2\NC(=S)NC2=O)c(-c2ccc3c(c2)OCO3)n1. The maximum absolute atomic E-state index is 11.9. The molecule has 0 aliphatic carbocycles. The molecule has 26 heavy (non-hydrogen) atoms. The molecule has 0 radical (unpaired) electrons. The van der Waals surface area contributed by atoms with Crippen LogP contribution < -0.4 is 20.1 Å². The van der Waals surface area contributed by atoms with E-state index < -0.39 is 0 Å². The van der Waals surface area contributed by atoms with Crippen molar-refractivity contribution in [1.82, 2.24) is 20.4 Å². The van der Waals surface area contributed by atoms with Crippen LogP contribution in [-0.4, -0.2) is 27.6 Å². The average molecular weight is 367 g/mol. The van der Waals surface area contributed by atoms with E-state index in [2.05, 4.69) is 21.8 Å². The molecule has 1 aromatic carbocycles. The molecule has 0 saturated carbocycles. The molecule has 3 heterocycles. The first-order valence-electron chi connectivity index (χ1n) is 7.82. The van der Waals surface area contributed by atoms with E-state index in [9.17, 15) is 4.79 Å². The van der Waals surface area contributed by atoms with E-state index in [4.69, 9.17) is 27.0 Å². The lowest BCUT2D eigenvalue weighted by Crippen LogP contribution is -2.21. The van der Waals surface area contributed by atoms with Gasteiger partial charge in [0.05, 0.1) is 24.7 Å². The van der Waals surface area contributed by atoms with Crippen LogP contribution in [0.15, 0.2) is 30.1 Å². The molecular weight excluding hydrogens is 354 g/mol. The molecule has 1 aromatic heterocycles. The summed E-state index contributed by atoms with van der Waals surface area (Å²) in [7, 11) is 0. The van der Waals surface area contributed by atoms with Crippen molar-refractivity contribution in [2.75, 3.05) is 6.79 Å². The van der Waals surface area contributed by atoms with Crippen LogP contribution in [0.3, 0.4) is 0 Å². The molecule has 130 valence electrons. The third-order valence-corrected chi connectivity index (χ3v) is 4.11. The summed E-state index contributed by atoms with van der Waals surface area (Å²) in [5, 5.41) is 19.0. The Kier molecular flexibility index (Phi) is 4.02. The van der Waals surface area contributed by atoms with Crippen LogP contribution in [0.5, 0.6) is 11.5 Å². The van der Waals surface area contributed by atoms with Crippen LogP contribution in [0.4, 0.5) is 0 Å². The lowest BCUT2D eigenvalue weighted by molar-refractivity contribution is -0.115. The normalized spacial score (nSPS) is 16.5. The number of hydrogen-bond donors (Lipinski definition) is 2. The topological polar surface area (TPSA) is 101 Å². The molecule has 0 atom stereocenters. The Hall–Kier alpha value is -3.38. The Morgan fingerprint density at radius 1 is 1.35 bits per heavy atom. The highest BCUT2D eigenvalue weighted by Crippen LogP contribution is 2.36. The number of carbonyl (C=O) groups is 1. The first-order chi connectivity index (χ1) is 12.6. The summed E-state index contributed by atoms with van der Waals surface area (Å²) in [6.45, 7) is 0.642. The van der Waals surface area contributed by atoms with Crippen molar-refractivity contribution in [3.63, 3.8) is 0 Å². The Labute approximate surface area is 154 Å². The number of nitrogens with one attached hydrogen (secondary N) is 2. The first kappa shape index (κ1) is 16.1. The van der Waals surface area contributed by atoms with Gasteiger partial charge in [0.1, 0.15) is 5.70 Å². The van der Waals surface area contributed by atoms with Gasteiger partial charge in [-0.3, -0.25) is 14.8 Å². The van der Waals surface area contributed by atoms with Crippen molar-refractivity contribution in [1.29, 1.82) is 5.26 Å². The zero-order valence-corrected chi connectivity index (χ0v) is 14.3.